The molecule has 100 valence electrons. The minimum Gasteiger partial charge on any atom is -0.439 e. The van der Waals surface area contributed by atoms with Gasteiger partial charge in [-0.1, -0.05) is 22.9 Å². The molecule has 5 heteroatoms. The summed E-state index contributed by atoms with van der Waals surface area (Å²) in [6.07, 6.45) is 1.05. The molecule has 0 bridgehead atoms. The molecule has 0 saturated carbocycles. The summed E-state index contributed by atoms with van der Waals surface area (Å²) in [7, 11) is 0. The Kier molecular flexibility index (Phi) is 4.74. The summed E-state index contributed by atoms with van der Waals surface area (Å²) in [5, 5.41) is 3.23. The Morgan fingerprint density at radius 3 is 2.63 bits per heavy atom. The third-order valence-electron chi connectivity index (χ3n) is 2.41. The summed E-state index contributed by atoms with van der Waals surface area (Å²) < 4.78 is 6.74. The SMILES string of the molecule is CCCNc1cc(Oc2ccc(Br)cc2)nc(C)n1. The number of nitrogens with zero attached hydrogens (tertiary/aromatic N) is 2. The molecule has 4 nitrogen and oxygen atoms in total. The zero-order valence-corrected chi connectivity index (χ0v) is 12.6. The molecule has 2 aromatic rings. The van der Waals surface area contributed by atoms with Crippen molar-refractivity contribution in [3.8, 4) is 11.6 Å². The highest BCUT2D eigenvalue weighted by atomic mass is 79.9. The molecule has 1 N–H and O–H groups in total. The van der Waals surface area contributed by atoms with E-state index >= 15 is 0 Å². The Bertz CT molecular complexity index is 543. The van der Waals surface area contributed by atoms with Crippen LogP contribution in [0.4, 0.5) is 5.82 Å². The van der Waals surface area contributed by atoms with Gasteiger partial charge in [0.25, 0.3) is 0 Å². The molecule has 0 aliphatic carbocycles. The zero-order valence-electron chi connectivity index (χ0n) is 11.0. The maximum absolute atomic E-state index is 5.72. The van der Waals surface area contributed by atoms with Crippen LogP contribution in [0, 0.1) is 6.92 Å². The number of anilines is 1. The fourth-order valence-corrected chi connectivity index (χ4v) is 1.82. The molecule has 0 aliphatic rings. The fourth-order valence-electron chi connectivity index (χ4n) is 1.56. The minimum absolute atomic E-state index is 0.549. The van der Waals surface area contributed by atoms with E-state index in [0.29, 0.717) is 11.7 Å². The Hall–Kier alpha value is -1.62. The second-order valence-electron chi connectivity index (χ2n) is 4.12. The van der Waals surface area contributed by atoms with Crippen molar-refractivity contribution >= 4 is 21.7 Å². The highest BCUT2D eigenvalue weighted by molar-refractivity contribution is 9.10. The van der Waals surface area contributed by atoms with E-state index in [1.807, 2.05) is 37.3 Å². The van der Waals surface area contributed by atoms with Gasteiger partial charge in [0.1, 0.15) is 17.4 Å². The van der Waals surface area contributed by atoms with E-state index in [1.54, 1.807) is 0 Å². The van der Waals surface area contributed by atoms with Gasteiger partial charge in [0.2, 0.25) is 5.88 Å². The molecule has 1 heterocycles. The third kappa shape index (κ3) is 4.21. The van der Waals surface area contributed by atoms with Crippen LogP contribution in [-0.4, -0.2) is 16.5 Å². The average molecular weight is 322 g/mol. The molecule has 0 amide bonds. The summed E-state index contributed by atoms with van der Waals surface area (Å²) in [6, 6.07) is 9.45. The van der Waals surface area contributed by atoms with Gasteiger partial charge < -0.3 is 10.1 Å². The van der Waals surface area contributed by atoms with E-state index in [9.17, 15) is 0 Å². The monoisotopic (exact) mass is 321 g/mol. The molecule has 1 aromatic heterocycles. The van der Waals surface area contributed by atoms with Crippen molar-refractivity contribution in [2.24, 2.45) is 0 Å². The first-order chi connectivity index (χ1) is 9.17. The average Bonchev–Trinajstić information content (AvgIpc) is 2.38. The third-order valence-corrected chi connectivity index (χ3v) is 2.94. The van der Waals surface area contributed by atoms with Crippen LogP contribution in [0.25, 0.3) is 0 Å². The van der Waals surface area contributed by atoms with Gasteiger partial charge in [-0.3, -0.25) is 0 Å². The molecule has 0 saturated heterocycles. The highest BCUT2D eigenvalue weighted by Crippen LogP contribution is 2.23. The molecule has 2 rings (SSSR count). The van der Waals surface area contributed by atoms with Crippen molar-refractivity contribution in [2.75, 3.05) is 11.9 Å². The van der Waals surface area contributed by atoms with Crippen LogP contribution in [0.2, 0.25) is 0 Å². The van der Waals surface area contributed by atoms with Gasteiger partial charge in [0, 0.05) is 17.1 Å². The van der Waals surface area contributed by atoms with Crippen molar-refractivity contribution < 1.29 is 4.74 Å². The Balaban J connectivity index is 2.15. The van der Waals surface area contributed by atoms with Gasteiger partial charge in [-0.2, -0.15) is 4.98 Å². The molecule has 0 unspecified atom stereocenters. The summed E-state index contributed by atoms with van der Waals surface area (Å²) in [6.45, 7) is 4.85. The van der Waals surface area contributed by atoms with Crippen molar-refractivity contribution in [3.63, 3.8) is 0 Å². The lowest BCUT2D eigenvalue weighted by atomic mass is 10.3. The Morgan fingerprint density at radius 2 is 1.95 bits per heavy atom. The first-order valence-corrected chi connectivity index (χ1v) is 6.99. The van der Waals surface area contributed by atoms with E-state index < -0.39 is 0 Å². The van der Waals surface area contributed by atoms with E-state index in [0.717, 1.165) is 29.0 Å². The lowest BCUT2D eigenvalue weighted by Gasteiger charge is -2.09. The Morgan fingerprint density at radius 1 is 1.21 bits per heavy atom. The van der Waals surface area contributed by atoms with Crippen LogP contribution in [0.5, 0.6) is 11.6 Å². The normalized spacial score (nSPS) is 10.3. The second-order valence-corrected chi connectivity index (χ2v) is 5.04. The zero-order chi connectivity index (χ0) is 13.7. The van der Waals surface area contributed by atoms with Gasteiger partial charge in [0.15, 0.2) is 0 Å². The quantitative estimate of drug-likeness (QED) is 0.898. The molecule has 1 aromatic carbocycles. The van der Waals surface area contributed by atoms with Crippen molar-refractivity contribution in [3.05, 3.63) is 40.6 Å². The molecule has 19 heavy (non-hydrogen) atoms. The molecule has 0 spiro atoms. The van der Waals surface area contributed by atoms with E-state index in [-0.39, 0.29) is 0 Å². The lowest BCUT2D eigenvalue weighted by Crippen LogP contribution is -2.04. The van der Waals surface area contributed by atoms with Crippen LogP contribution < -0.4 is 10.1 Å². The first-order valence-electron chi connectivity index (χ1n) is 6.20. The predicted molar refractivity (Wildman–Crippen MR) is 79.8 cm³/mol. The highest BCUT2D eigenvalue weighted by Gasteiger charge is 2.04. The Labute approximate surface area is 121 Å². The molecule has 0 atom stereocenters. The number of ether oxygens (including phenoxy) is 1. The van der Waals surface area contributed by atoms with Gasteiger partial charge in [-0.05, 0) is 37.6 Å². The summed E-state index contributed by atoms with van der Waals surface area (Å²) in [5.74, 6) is 2.78. The first kappa shape index (κ1) is 13.8. The predicted octanol–water partition coefficient (Wildman–Crippen LogP) is 4.16. The maximum Gasteiger partial charge on any atom is 0.224 e. The number of halogens is 1. The number of nitrogens with one attached hydrogen (secondary N) is 1. The summed E-state index contributed by atoms with van der Waals surface area (Å²) in [4.78, 5) is 8.59. The lowest BCUT2D eigenvalue weighted by molar-refractivity contribution is 0.460. The number of aryl methyl sites for hydroxylation is 1. The van der Waals surface area contributed by atoms with Crippen LogP contribution >= 0.6 is 15.9 Å². The second kappa shape index (κ2) is 6.52. The van der Waals surface area contributed by atoms with Crippen LogP contribution in [0.15, 0.2) is 34.8 Å². The maximum atomic E-state index is 5.72. The van der Waals surface area contributed by atoms with Crippen LogP contribution in [0.3, 0.4) is 0 Å². The van der Waals surface area contributed by atoms with Gasteiger partial charge in [-0.15, -0.1) is 0 Å². The van der Waals surface area contributed by atoms with Crippen molar-refractivity contribution in [1.29, 1.82) is 0 Å². The fraction of sp³-hybridized carbons (Fsp3) is 0.286. The van der Waals surface area contributed by atoms with Gasteiger partial charge in [-0.25, -0.2) is 4.98 Å². The number of aromatic nitrogens is 2. The van der Waals surface area contributed by atoms with Gasteiger partial charge in [0.05, 0.1) is 0 Å². The standard InChI is InChI=1S/C14H16BrN3O/c1-3-8-16-13-9-14(18-10(2)17-13)19-12-6-4-11(15)5-7-12/h4-7,9H,3,8H2,1-2H3,(H,16,17,18). The minimum atomic E-state index is 0.549. The largest absolute Gasteiger partial charge is 0.439 e. The van der Waals surface area contributed by atoms with E-state index in [4.69, 9.17) is 4.74 Å². The molecule has 0 radical (unpaired) electrons. The molecule has 0 fully saturated rings. The van der Waals surface area contributed by atoms with Crippen molar-refractivity contribution in [1.82, 2.24) is 9.97 Å². The van der Waals surface area contributed by atoms with Crippen LogP contribution in [0.1, 0.15) is 19.2 Å². The molecular weight excluding hydrogens is 306 g/mol. The molecular formula is C14H16BrN3O. The number of rotatable bonds is 5. The number of benzene rings is 1. The topological polar surface area (TPSA) is 47.0 Å². The van der Waals surface area contributed by atoms with Crippen LogP contribution in [-0.2, 0) is 0 Å². The molecule has 0 aliphatic heterocycles. The van der Waals surface area contributed by atoms with E-state index in [1.165, 1.54) is 0 Å². The van der Waals surface area contributed by atoms with E-state index in [2.05, 4.69) is 38.1 Å². The van der Waals surface area contributed by atoms with Crippen molar-refractivity contribution in [2.45, 2.75) is 20.3 Å². The summed E-state index contributed by atoms with van der Waals surface area (Å²) >= 11 is 3.39. The van der Waals surface area contributed by atoms with Gasteiger partial charge >= 0.3 is 0 Å². The summed E-state index contributed by atoms with van der Waals surface area (Å²) in [5.41, 5.74) is 0. The smallest absolute Gasteiger partial charge is 0.224 e. The number of hydrogen-bond acceptors (Lipinski definition) is 4. The number of hydrogen-bond donors (Lipinski definition) is 1.